The molecule has 2 rings (SSSR count). The van der Waals surface area contributed by atoms with Crippen LogP contribution in [0.25, 0.3) is 11.2 Å². The van der Waals surface area contributed by atoms with E-state index in [2.05, 4.69) is 9.97 Å². The summed E-state index contributed by atoms with van der Waals surface area (Å²) < 4.78 is 8.01. The van der Waals surface area contributed by atoms with E-state index >= 15 is 0 Å². The zero-order valence-electron chi connectivity index (χ0n) is 9.49. The maximum Gasteiger partial charge on any atom is 0.179 e. The van der Waals surface area contributed by atoms with Crippen LogP contribution in [-0.4, -0.2) is 27.7 Å². The lowest BCUT2D eigenvalue weighted by Crippen LogP contribution is -2.06. The lowest BCUT2D eigenvalue weighted by molar-refractivity contribution is 0.139. The summed E-state index contributed by atoms with van der Waals surface area (Å²) in [6, 6.07) is 3.98. The van der Waals surface area contributed by atoms with Crippen LogP contribution in [0.1, 0.15) is 12.6 Å². The van der Waals surface area contributed by atoms with Crippen LogP contribution in [0, 0.1) is 11.7 Å². The summed E-state index contributed by atoms with van der Waals surface area (Å²) in [5.74, 6) is 0. The lowest BCUT2D eigenvalue weighted by Gasteiger charge is -2.04. The monoisotopic (exact) mass is 237 g/mol. The zero-order chi connectivity index (χ0) is 11.5. The van der Waals surface area contributed by atoms with Gasteiger partial charge in [0.15, 0.2) is 10.4 Å². The van der Waals surface area contributed by atoms with E-state index in [0.717, 1.165) is 30.0 Å². The van der Waals surface area contributed by atoms with Gasteiger partial charge in [-0.2, -0.15) is 0 Å². The van der Waals surface area contributed by atoms with Crippen molar-refractivity contribution >= 4 is 23.4 Å². The molecule has 0 amide bonds. The minimum Gasteiger partial charge on any atom is -0.380 e. The van der Waals surface area contributed by atoms with E-state index in [1.165, 1.54) is 0 Å². The number of fused-ring (bicyclic) bond motifs is 1. The first-order valence-corrected chi connectivity index (χ1v) is 5.77. The van der Waals surface area contributed by atoms with Gasteiger partial charge in [-0.3, -0.25) is 4.57 Å². The van der Waals surface area contributed by atoms with Crippen LogP contribution in [0.15, 0.2) is 12.1 Å². The topological polar surface area (TPSA) is 42.8 Å². The number of aromatic nitrogens is 3. The second-order valence-corrected chi connectivity index (χ2v) is 3.99. The van der Waals surface area contributed by atoms with Gasteiger partial charge in [0.25, 0.3) is 0 Å². The van der Waals surface area contributed by atoms with Gasteiger partial charge in [-0.25, -0.2) is 4.98 Å². The van der Waals surface area contributed by atoms with Crippen molar-refractivity contribution in [2.24, 2.45) is 0 Å². The highest BCUT2D eigenvalue weighted by atomic mass is 32.1. The molecule has 0 radical (unpaired) electrons. The highest BCUT2D eigenvalue weighted by Gasteiger charge is 2.05. The van der Waals surface area contributed by atoms with Crippen molar-refractivity contribution in [3.05, 3.63) is 22.6 Å². The first kappa shape index (κ1) is 11.3. The predicted octanol–water partition coefficient (Wildman–Crippen LogP) is 2.44. The van der Waals surface area contributed by atoms with Gasteiger partial charge in [-0.15, -0.1) is 0 Å². The standard InChI is InChI=1S/C11H15N3OS/c1-3-15-7-6-14-10-9(13-11(14)16)5-4-8(2)12-10/h4-5H,3,6-7H2,1-2H3,(H,13,16). The maximum atomic E-state index is 5.33. The Balaban J connectivity index is 2.38. The molecule has 0 atom stereocenters. The van der Waals surface area contributed by atoms with Gasteiger partial charge in [0.2, 0.25) is 0 Å². The number of hydrogen-bond acceptors (Lipinski definition) is 3. The molecule has 0 bridgehead atoms. The third-order valence-electron chi connectivity index (χ3n) is 2.42. The van der Waals surface area contributed by atoms with Crippen LogP contribution in [0.4, 0.5) is 0 Å². The molecule has 0 aliphatic heterocycles. The first-order valence-electron chi connectivity index (χ1n) is 5.36. The maximum absolute atomic E-state index is 5.33. The van der Waals surface area contributed by atoms with Crippen LogP contribution in [0.3, 0.4) is 0 Å². The van der Waals surface area contributed by atoms with Gasteiger partial charge in [0.05, 0.1) is 18.7 Å². The molecule has 0 unspecified atom stereocenters. The van der Waals surface area contributed by atoms with Crippen LogP contribution in [0.2, 0.25) is 0 Å². The van der Waals surface area contributed by atoms with Crippen molar-refractivity contribution in [2.75, 3.05) is 13.2 Å². The fourth-order valence-corrected chi connectivity index (χ4v) is 1.92. The third kappa shape index (κ3) is 2.15. The molecule has 0 saturated carbocycles. The lowest BCUT2D eigenvalue weighted by atomic mass is 10.3. The van der Waals surface area contributed by atoms with Crippen molar-refractivity contribution in [2.45, 2.75) is 20.4 Å². The smallest absolute Gasteiger partial charge is 0.179 e. The summed E-state index contributed by atoms with van der Waals surface area (Å²) in [4.78, 5) is 7.63. The second kappa shape index (κ2) is 4.76. The molecule has 4 nitrogen and oxygen atoms in total. The molecule has 2 aromatic rings. The van der Waals surface area contributed by atoms with Crippen LogP contribution < -0.4 is 0 Å². The van der Waals surface area contributed by atoms with Crippen molar-refractivity contribution in [1.29, 1.82) is 0 Å². The average Bonchev–Trinajstić information content (AvgIpc) is 2.56. The van der Waals surface area contributed by atoms with E-state index < -0.39 is 0 Å². The fourth-order valence-electron chi connectivity index (χ4n) is 1.63. The Kier molecular flexibility index (Phi) is 3.36. The minimum absolute atomic E-state index is 0.660. The van der Waals surface area contributed by atoms with Gasteiger partial charge >= 0.3 is 0 Å². The Morgan fingerprint density at radius 2 is 2.31 bits per heavy atom. The molecule has 0 spiro atoms. The first-order chi connectivity index (χ1) is 7.72. The molecule has 5 heteroatoms. The Labute approximate surface area is 99.3 Å². The summed E-state index contributed by atoms with van der Waals surface area (Å²) in [7, 11) is 0. The number of H-pyrrole nitrogens is 1. The summed E-state index contributed by atoms with van der Waals surface area (Å²) >= 11 is 5.26. The van der Waals surface area contributed by atoms with E-state index in [-0.39, 0.29) is 0 Å². The summed E-state index contributed by atoms with van der Waals surface area (Å²) in [6.07, 6.45) is 0. The molecule has 0 saturated heterocycles. The number of imidazole rings is 1. The Morgan fingerprint density at radius 3 is 3.06 bits per heavy atom. The minimum atomic E-state index is 0.660. The van der Waals surface area contributed by atoms with E-state index in [4.69, 9.17) is 17.0 Å². The summed E-state index contributed by atoms with van der Waals surface area (Å²) in [6.45, 7) is 6.08. The molecule has 86 valence electrons. The van der Waals surface area contributed by atoms with Crippen molar-refractivity contribution in [3.63, 3.8) is 0 Å². The van der Waals surface area contributed by atoms with Crippen molar-refractivity contribution < 1.29 is 4.74 Å². The van der Waals surface area contributed by atoms with E-state index in [0.29, 0.717) is 11.4 Å². The number of nitrogens with zero attached hydrogens (tertiary/aromatic N) is 2. The van der Waals surface area contributed by atoms with E-state index in [1.807, 2.05) is 30.5 Å². The molecular weight excluding hydrogens is 222 g/mol. The summed E-state index contributed by atoms with van der Waals surface area (Å²) in [5.41, 5.74) is 2.88. The molecular formula is C11H15N3OS. The second-order valence-electron chi connectivity index (χ2n) is 3.60. The number of aryl methyl sites for hydroxylation is 1. The molecule has 0 aliphatic carbocycles. The highest BCUT2D eigenvalue weighted by Crippen LogP contribution is 2.12. The normalized spacial score (nSPS) is 11.1. The van der Waals surface area contributed by atoms with Crippen LogP contribution in [-0.2, 0) is 11.3 Å². The number of pyridine rings is 1. The van der Waals surface area contributed by atoms with Crippen molar-refractivity contribution in [1.82, 2.24) is 14.5 Å². The van der Waals surface area contributed by atoms with Gasteiger partial charge in [-0.1, -0.05) is 0 Å². The van der Waals surface area contributed by atoms with Gasteiger partial charge in [0, 0.05) is 12.3 Å². The van der Waals surface area contributed by atoms with Crippen LogP contribution >= 0.6 is 12.2 Å². The Hall–Kier alpha value is -1.20. The van der Waals surface area contributed by atoms with E-state index in [9.17, 15) is 0 Å². The molecule has 1 N–H and O–H groups in total. The molecule has 2 heterocycles. The molecule has 0 fully saturated rings. The van der Waals surface area contributed by atoms with Crippen molar-refractivity contribution in [3.8, 4) is 0 Å². The number of rotatable bonds is 4. The Bertz CT molecular complexity index is 544. The van der Waals surface area contributed by atoms with Gasteiger partial charge < -0.3 is 9.72 Å². The third-order valence-corrected chi connectivity index (χ3v) is 2.74. The average molecular weight is 237 g/mol. The summed E-state index contributed by atoms with van der Waals surface area (Å²) in [5, 5.41) is 0. The number of ether oxygens (including phenoxy) is 1. The zero-order valence-corrected chi connectivity index (χ0v) is 10.3. The largest absolute Gasteiger partial charge is 0.380 e. The molecule has 0 aromatic carbocycles. The quantitative estimate of drug-likeness (QED) is 0.656. The van der Waals surface area contributed by atoms with E-state index in [1.54, 1.807) is 0 Å². The number of nitrogens with one attached hydrogen (secondary N) is 1. The number of aromatic amines is 1. The SMILES string of the molecule is CCOCCn1c(=S)[nH]c2ccc(C)nc21. The fraction of sp³-hybridized carbons (Fsp3) is 0.455. The molecule has 16 heavy (non-hydrogen) atoms. The molecule has 0 aliphatic rings. The van der Waals surface area contributed by atoms with Gasteiger partial charge in [-0.05, 0) is 38.2 Å². The highest BCUT2D eigenvalue weighted by molar-refractivity contribution is 7.71. The number of hydrogen-bond donors (Lipinski definition) is 1. The Morgan fingerprint density at radius 1 is 1.50 bits per heavy atom. The van der Waals surface area contributed by atoms with Gasteiger partial charge in [0.1, 0.15) is 0 Å². The van der Waals surface area contributed by atoms with Crippen LogP contribution in [0.5, 0.6) is 0 Å². The molecule has 2 aromatic heterocycles. The predicted molar refractivity (Wildman–Crippen MR) is 66.1 cm³/mol.